The van der Waals surface area contributed by atoms with Gasteiger partial charge in [-0.3, -0.25) is 43.3 Å². The van der Waals surface area contributed by atoms with Crippen molar-refractivity contribution in [3.63, 3.8) is 0 Å². The number of nitrogens with one attached hydrogen (secondary N) is 9. The number of para-hydroxylation sites is 1. The number of benzene rings is 3. The second-order valence-corrected chi connectivity index (χ2v) is 21.1. The van der Waals surface area contributed by atoms with Crippen LogP contribution in [0.25, 0.3) is 10.9 Å². The predicted octanol–water partition coefficient (Wildman–Crippen LogP) is 1.24. The number of aliphatic imine (C=N–C) groups is 1. The molecule has 8 amide bonds. The number of carbonyl (C=O) groups is 8. The minimum absolute atomic E-state index is 0.0328. The molecule has 2 aliphatic heterocycles. The van der Waals surface area contributed by atoms with Crippen molar-refractivity contribution in [1.82, 2.24) is 52.2 Å². The Hall–Kier alpha value is -7.86. The molecular formula is C54H70N14O8S2. The van der Waals surface area contributed by atoms with Crippen molar-refractivity contribution in [2.24, 2.45) is 22.2 Å². The highest BCUT2D eigenvalue weighted by molar-refractivity contribution is 7.98. The Balaban J connectivity index is 1.38. The lowest BCUT2D eigenvalue weighted by atomic mass is 10.0. The number of aromatic nitrogens is 3. The summed E-state index contributed by atoms with van der Waals surface area (Å²) < 4.78 is 0. The van der Waals surface area contributed by atoms with Gasteiger partial charge in [-0.05, 0) is 47.6 Å². The number of thioether (sulfide) groups is 2. The van der Waals surface area contributed by atoms with Crippen LogP contribution in [0.15, 0.2) is 103 Å². The molecule has 2 bridgehead atoms. The van der Waals surface area contributed by atoms with Gasteiger partial charge in [0.05, 0.1) is 6.33 Å². The van der Waals surface area contributed by atoms with E-state index in [1.807, 2.05) is 55.5 Å². The molecular weight excluding hydrogens is 1040 g/mol. The lowest BCUT2D eigenvalue weighted by Gasteiger charge is -2.28. The number of guanidine groups is 1. The van der Waals surface area contributed by atoms with E-state index in [4.69, 9.17) is 17.2 Å². The Morgan fingerprint density at radius 3 is 1.95 bits per heavy atom. The van der Waals surface area contributed by atoms with Crippen LogP contribution in [-0.2, 0) is 69.1 Å². The average molecular weight is 1110 g/mol. The maximum absolute atomic E-state index is 14.8. The maximum atomic E-state index is 14.8. The molecule has 2 aliphatic rings. The van der Waals surface area contributed by atoms with Crippen molar-refractivity contribution in [1.29, 1.82) is 0 Å². The molecule has 22 nitrogen and oxygen atoms in total. The molecule has 0 radical (unpaired) electrons. The second kappa shape index (κ2) is 30.2. The molecule has 0 saturated carbocycles. The Labute approximate surface area is 461 Å². The van der Waals surface area contributed by atoms with E-state index in [-0.39, 0.29) is 56.1 Å². The first-order valence-electron chi connectivity index (χ1n) is 25.8. The van der Waals surface area contributed by atoms with Crippen LogP contribution in [0.2, 0.25) is 0 Å². The van der Waals surface area contributed by atoms with Crippen LogP contribution < -0.4 is 54.4 Å². The molecule has 0 spiro atoms. The quantitative estimate of drug-likeness (QED) is 0.0270. The summed E-state index contributed by atoms with van der Waals surface area (Å²) in [6.07, 6.45) is 6.27. The number of H-pyrrole nitrogens is 2. The van der Waals surface area contributed by atoms with Gasteiger partial charge in [0.2, 0.25) is 47.3 Å². The molecule has 0 aliphatic carbocycles. The first kappa shape index (κ1) is 59.4. The Bertz CT molecular complexity index is 2850. The van der Waals surface area contributed by atoms with Crippen molar-refractivity contribution >= 4 is 87.6 Å². The van der Waals surface area contributed by atoms with Crippen LogP contribution in [0.3, 0.4) is 0 Å². The van der Waals surface area contributed by atoms with Gasteiger partial charge in [0.25, 0.3) is 0 Å². The van der Waals surface area contributed by atoms with Crippen molar-refractivity contribution in [2.45, 2.75) is 119 Å². The molecule has 78 heavy (non-hydrogen) atoms. The van der Waals surface area contributed by atoms with Crippen LogP contribution in [0.4, 0.5) is 0 Å². The average Bonchev–Trinajstić information content (AvgIpc) is 4.10. The largest absolute Gasteiger partial charge is 0.370 e. The molecule has 7 atom stereocenters. The highest BCUT2D eigenvalue weighted by atomic mass is 32.2. The topological polar surface area (TPSA) is 356 Å². The smallest absolute Gasteiger partial charge is 0.244 e. The summed E-state index contributed by atoms with van der Waals surface area (Å²) in [4.78, 5) is 127. The Kier molecular flexibility index (Phi) is 23.0. The first-order chi connectivity index (χ1) is 37.6. The van der Waals surface area contributed by atoms with Gasteiger partial charge in [0, 0.05) is 84.7 Å². The number of fused-ring (bicyclic) bond motifs is 24. The van der Waals surface area contributed by atoms with Gasteiger partial charge in [0.15, 0.2) is 5.96 Å². The van der Waals surface area contributed by atoms with Gasteiger partial charge in [-0.15, -0.1) is 0 Å². The van der Waals surface area contributed by atoms with Crippen LogP contribution in [0, 0.1) is 0 Å². The Morgan fingerprint density at radius 2 is 1.31 bits per heavy atom. The fourth-order valence-electron chi connectivity index (χ4n) is 8.64. The molecule has 15 N–H and O–H groups in total. The number of carbonyl (C=O) groups excluding carboxylic acids is 8. The highest BCUT2D eigenvalue weighted by Gasteiger charge is 2.35. The molecule has 0 fully saturated rings. The second-order valence-electron chi connectivity index (χ2n) is 19.0. The van der Waals surface area contributed by atoms with Gasteiger partial charge < -0.3 is 64.4 Å². The number of primary amides is 1. The zero-order valence-corrected chi connectivity index (χ0v) is 45.3. The van der Waals surface area contributed by atoms with Gasteiger partial charge in [-0.1, -0.05) is 92.6 Å². The molecule has 2 aromatic heterocycles. The third kappa shape index (κ3) is 18.7. The van der Waals surface area contributed by atoms with Crippen molar-refractivity contribution in [2.75, 3.05) is 18.1 Å². The summed E-state index contributed by atoms with van der Waals surface area (Å²) in [5.41, 5.74) is 21.5. The Morgan fingerprint density at radius 1 is 0.705 bits per heavy atom. The minimum atomic E-state index is -1.36. The monoisotopic (exact) mass is 1110 g/mol. The van der Waals surface area contributed by atoms with Crippen LogP contribution in [0.5, 0.6) is 0 Å². The molecule has 7 rings (SSSR count). The summed E-state index contributed by atoms with van der Waals surface area (Å²) in [7, 11) is 0. The van der Waals surface area contributed by atoms with Crippen LogP contribution in [-0.4, -0.2) is 129 Å². The fraction of sp³-hybridized carbons (Fsp3) is 0.407. The summed E-state index contributed by atoms with van der Waals surface area (Å²) >= 11 is 2.73. The number of hydrogen-bond donors (Lipinski definition) is 12. The van der Waals surface area contributed by atoms with Gasteiger partial charge in [-0.25, -0.2) is 4.98 Å². The number of imidazole rings is 1. The van der Waals surface area contributed by atoms with Gasteiger partial charge in [0.1, 0.15) is 42.3 Å². The summed E-state index contributed by atoms with van der Waals surface area (Å²) in [6, 6.07) is 15.3. The number of unbranched alkanes of at least 4 members (excludes halogenated alkanes) is 1. The summed E-state index contributed by atoms with van der Waals surface area (Å²) in [6.45, 7) is 3.34. The maximum Gasteiger partial charge on any atom is 0.244 e. The molecule has 24 heteroatoms. The summed E-state index contributed by atoms with van der Waals surface area (Å²) in [5.74, 6) is -4.66. The number of nitrogens with zero attached hydrogens (tertiary/aromatic N) is 2. The molecule has 3 aromatic carbocycles. The lowest BCUT2D eigenvalue weighted by Crippen LogP contribution is -2.61. The van der Waals surface area contributed by atoms with Crippen molar-refractivity contribution < 1.29 is 38.4 Å². The van der Waals surface area contributed by atoms with E-state index in [2.05, 4.69) is 57.2 Å². The molecule has 5 aromatic rings. The third-order valence-corrected chi connectivity index (χ3v) is 15.0. The van der Waals surface area contributed by atoms with E-state index in [1.54, 1.807) is 36.5 Å². The van der Waals surface area contributed by atoms with Gasteiger partial charge in [-0.2, -0.15) is 23.5 Å². The normalized spacial score (nSPS) is 20.7. The number of hydrogen-bond acceptors (Lipinski definition) is 12. The summed E-state index contributed by atoms with van der Waals surface area (Å²) in [5, 5.41) is 20.4. The number of amides is 8. The zero-order valence-electron chi connectivity index (χ0n) is 43.7. The number of rotatable bonds is 17. The van der Waals surface area contributed by atoms with E-state index in [1.165, 1.54) is 43.0 Å². The third-order valence-electron chi connectivity index (χ3n) is 12.8. The minimum Gasteiger partial charge on any atom is -0.370 e. The van der Waals surface area contributed by atoms with Crippen LogP contribution >= 0.6 is 23.5 Å². The number of aromatic amines is 2. The molecule has 0 saturated heterocycles. The van der Waals surface area contributed by atoms with Crippen molar-refractivity contribution in [3.8, 4) is 0 Å². The fourth-order valence-corrected chi connectivity index (χ4v) is 10.7. The molecule has 416 valence electrons. The molecule has 0 unspecified atom stereocenters. The van der Waals surface area contributed by atoms with E-state index in [0.29, 0.717) is 41.2 Å². The predicted molar refractivity (Wildman–Crippen MR) is 301 cm³/mol. The van der Waals surface area contributed by atoms with Crippen molar-refractivity contribution in [3.05, 3.63) is 126 Å². The van der Waals surface area contributed by atoms with Crippen LogP contribution in [0.1, 0.15) is 73.9 Å². The first-order valence-corrected chi connectivity index (χ1v) is 28.1. The lowest BCUT2D eigenvalue weighted by molar-refractivity contribution is -0.135. The van der Waals surface area contributed by atoms with E-state index in [0.717, 1.165) is 28.5 Å². The zero-order chi connectivity index (χ0) is 56.0. The standard InChI is InChI=1S/C54H70N14O8S2/c1-3-4-14-40(62-32(2)69)48(71)68-46-30-78-28-35-19-17-34(18-20-35)27-77-29-45(47(55)70)67-51(74)43(23-36-25-60-39-15-9-8-13-38(36)39)65-49(72)41(16-10-21-59-54(56)57)63-50(73)42(22-33-11-6-5-7-12-33)64-52(75)44(66-53(46)76)24-37-26-58-31-61-37/h5-9,11-13,15,17-20,25-26,31,40-46,60H,3-4,10,14,16,21-24,27-30H2,1-2H3,(H2,55,70)(H,58,61)(H,62,69)(H,63,73)(H,64,75)(H,65,72)(H,66,76)(H,67,74)(H,68,71)(H4,56,57,59)/t40-,41-,42+,43-,44-,45-,46-/m0/s1. The number of nitrogens with two attached hydrogens (primary N) is 3. The SMILES string of the molecule is CCCC[C@H](NC(C)=O)C(=O)N[C@H]1CSCc2ccc(cc2)CSC[C@@H](C(N)=O)NC(=O)[C@H](Cc2c[nH]c3ccccc23)NC(=O)[C@H](CCCN=C(N)N)NC(=O)[C@@H](Cc2ccccc2)NC(=O)[C@H](Cc2cnc[nH]2)NC1=O. The van der Waals surface area contributed by atoms with E-state index < -0.39 is 89.6 Å². The van der Waals surface area contributed by atoms with Gasteiger partial charge >= 0.3 is 0 Å². The highest BCUT2D eigenvalue weighted by Crippen LogP contribution is 2.22. The van der Waals surface area contributed by atoms with E-state index in [9.17, 15) is 38.4 Å². The molecule has 4 heterocycles. The van der Waals surface area contributed by atoms with E-state index >= 15 is 0 Å².